The monoisotopic (exact) mass is 380 g/mol. The van der Waals surface area contributed by atoms with Crippen molar-refractivity contribution in [3.63, 3.8) is 0 Å². The molecule has 0 saturated carbocycles. The number of unbranched alkanes of at least 4 members (excludes halogenated alkanes) is 1. The van der Waals surface area contributed by atoms with Crippen LogP contribution in [0.4, 0.5) is 0 Å². The molecule has 0 heterocycles. The third-order valence-corrected chi connectivity index (χ3v) is 5.35. The molecule has 0 aliphatic heterocycles. The van der Waals surface area contributed by atoms with Gasteiger partial charge in [0.15, 0.2) is 0 Å². The average molecular weight is 381 g/mol. The summed E-state index contributed by atoms with van der Waals surface area (Å²) >= 11 is 0. The van der Waals surface area contributed by atoms with Crippen molar-refractivity contribution in [2.24, 2.45) is 0 Å². The zero-order chi connectivity index (χ0) is 20.8. The lowest BCUT2D eigenvalue weighted by molar-refractivity contribution is 0.419. The van der Waals surface area contributed by atoms with E-state index in [1.165, 1.54) is 16.7 Å². The van der Waals surface area contributed by atoms with Gasteiger partial charge in [-0.2, -0.15) is 0 Å². The fourth-order valence-electron chi connectivity index (χ4n) is 3.74. The number of allylic oxidation sites excluding steroid dienone is 1. The van der Waals surface area contributed by atoms with E-state index >= 15 is 0 Å². The Morgan fingerprint density at radius 1 is 1.04 bits per heavy atom. The molecule has 1 unspecified atom stereocenters. The van der Waals surface area contributed by atoms with Crippen molar-refractivity contribution < 1.29 is 9.84 Å². The summed E-state index contributed by atoms with van der Waals surface area (Å²) in [7, 11) is 0. The SMILES string of the molecule is C=C(C)Oc1c(CCCC)cc(C)cc1Cc1cc(C)cc(C(C)CC)c1O. The summed E-state index contributed by atoms with van der Waals surface area (Å²) in [6.45, 7) is 16.6. The molecular weight excluding hydrogens is 344 g/mol. The van der Waals surface area contributed by atoms with E-state index < -0.39 is 0 Å². The van der Waals surface area contributed by atoms with Gasteiger partial charge in [0.1, 0.15) is 11.5 Å². The third kappa shape index (κ3) is 5.41. The minimum atomic E-state index is 0.336. The van der Waals surface area contributed by atoms with Crippen LogP contribution in [0.2, 0.25) is 0 Å². The first-order valence-electron chi connectivity index (χ1n) is 10.5. The normalized spacial score (nSPS) is 12.1. The van der Waals surface area contributed by atoms with Crippen LogP contribution in [0.3, 0.4) is 0 Å². The summed E-state index contributed by atoms with van der Waals surface area (Å²) in [6.07, 6.45) is 4.92. The van der Waals surface area contributed by atoms with Crippen LogP contribution in [0.15, 0.2) is 36.6 Å². The molecule has 2 nitrogen and oxygen atoms in total. The number of aryl methyl sites for hydroxylation is 3. The van der Waals surface area contributed by atoms with Crippen molar-refractivity contribution in [3.05, 3.63) is 70.0 Å². The van der Waals surface area contributed by atoms with Crippen LogP contribution in [0.5, 0.6) is 11.5 Å². The minimum absolute atomic E-state index is 0.336. The zero-order valence-corrected chi connectivity index (χ0v) is 18.5. The molecule has 2 aromatic carbocycles. The standard InChI is InChI=1S/C26H36O2/c1-8-10-11-21-12-18(5)14-23(26(21)28-17(3)4)16-22-13-19(6)15-24(25(22)27)20(7)9-2/h12-15,20,27H,3,8-11,16H2,1-2,4-7H3. The largest absolute Gasteiger partial charge is 0.507 e. The van der Waals surface area contributed by atoms with Crippen LogP contribution in [0.25, 0.3) is 0 Å². The highest BCUT2D eigenvalue weighted by Crippen LogP contribution is 2.36. The highest BCUT2D eigenvalue weighted by atomic mass is 16.5. The molecule has 0 saturated heterocycles. The Morgan fingerprint density at radius 2 is 1.64 bits per heavy atom. The first-order chi connectivity index (χ1) is 13.3. The predicted molar refractivity (Wildman–Crippen MR) is 120 cm³/mol. The lowest BCUT2D eigenvalue weighted by Gasteiger charge is -2.20. The maximum atomic E-state index is 11.0. The molecule has 0 aliphatic rings. The smallest absolute Gasteiger partial charge is 0.133 e. The van der Waals surface area contributed by atoms with E-state index in [-0.39, 0.29) is 0 Å². The number of phenolic OH excluding ortho intramolecular Hbond substituents is 1. The van der Waals surface area contributed by atoms with Crippen LogP contribution >= 0.6 is 0 Å². The highest BCUT2D eigenvalue weighted by Gasteiger charge is 2.18. The van der Waals surface area contributed by atoms with Crippen LogP contribution in [0.1, 0.15) is 86.3 Å². The van der Waals surface area contributed by atoms with Gasteiger partial charge in [-0.15, -0.1) is 0 Å². The predicted octanol–water partition coefficient (Wildman–Crippen LogP) is 7.37. The fraction of sp³-hybridized carbons (Fsp3) is 0.462. The highest BCUT2D eigenvalue weighted by molar-refractivity contribution is 5.52. The van der Waals surface area contributed by atoms with Crippen LogP contribution in [-0.4, -0.2) is 5.11 Å². The third-order valence-electron chi connectivity index (χ3n) is 5.35. The number of aromatic hydroxyl groups is 1. The molecule has 1 N–H and O–H groups in total. The quantitative estimate of drug-likeness (QED) is 0.460. The molecule has 2 rings (SSSR count). The second-order valence-electron chi connectivity index (χ2n) is 8.17. The summed E-state index contributed by atoms with van der Waals surface area (Å²) in [5.41, 5.74) is 6.76. The van der Waals surface area contributed by atoms with Crippen molar-refractivity contribution in [2.75, 3.05) is 0 Å². The Balaban J connectivity index is 2.54. The van der Waals surface area contributed by atoms with E-state index in [2.05, 4.69) is 65.5 Å². The summed E-state index contributed by atoms with van der Waals surface area (Å²) in [4.78, 5) is 0. The van der Waals surface area contributed by atoms with Crippen LogP contribution in [-0.2, 0) is 12.8 Å². The van der Waals surface area contributed by atoms with Crippen LogP contribution < -0.4 is 4.74 Å². The van der Waals surface area contributed by atoms with E-state index in [0.717, 1.165) is 48.1 Å². The summed E-state index contributed by atoms with van der Waals surface area (Å²) in [5.74, 6) is 2.37. The number of rotatable bonds is 9. The number of hydrogen-bond acceptors (Lipinski definition) is 2. The van der Waals surface area contributed by atoms with E-state index in [1.807, 2.05) is 6.92 Å². The van der Waals surface area contributed by atoms with Gasteiger partial charge >= 0.3 is 0 Å². The maximum Gasteiger partial charge on any atom is 0.133 e. The molecule has 152 valence electrons. The summed E-state index contributed by atoms with van der Waals surface area (Å²) in [6, 6.07) is 8.61. The first-order valence-corrected chi connectivity index (χ1v) is 10.5. The second kappa shape index (κ2) is 9.82. The minimum Gasteiger partial charge on any atom is -0.507 e. The number of hydrogen-bond donors (Lipinski definition) is 1. The molecule has 0 fully saturated rings. The molecule has 2 heteroatoms. The Bertz CT molecular complexity index is 833. The van der Waals surface area contributed by atoms with Gasteiger partial charge in [-0.25, -0.2) is 0 Å². The van der Waals surface area contributed by atoms with E-state index in [0.29, 0.717) is 23.8 Å². The first kappa shape index (κ1) is 22.1. The van der Waals surface area contributed by atoms with Crippen molar-refractivity contribution in [3.8, 4) is 11.5 Å². The molecule has 0 radical (unpaired) electrons. The van der Waals surface area contributed by atoms with E-state index in [9.17, 15) is 5.11 Å². The molecule has 28 heavy (non-hydrogen) atoms. The Morgan fingerprint density at radius 3 is 2.25 bits per heavy atom. The van der Waals surface area contributed by atoms with Gasteiger partial charge in [-0.05, 0) is 68.2 Å². The topological polar surface area (TPSA) is 29.5 Å². The second-order valence-corrected chi connectivity index (χ2v) is 8.17. The molecule has 0 bridgehead atoms. The molecule has 0 amide bonds. The molecule has 0 aromatic heterocycles. The molecular formula is C26H36O2. The molecule has 2 aromatic rings. The van der Waals surface area contributed by atoms with Crippen LogP contribution in [0, 0.1) is 13.8 Å². The van der Waals surface area contributed by atoms with Gasteiger partial charge in [-0.3, -0.25) is 0 Å². The van der Waals surface area contributed by atoms with E-state index in [1.54, 1.807) is 0 Å². The number of benzene rings is 2. The average Bonchev–Trinajstić information content (AvgIpc) is 2.63. The van der Waals surface area contributed by atoms with Crippen molar-refractivity contribution in [1.82, 2.24) is 0 Å². The lowest BCUT2D eigenvalue weighted by atomic mass is 9.90. The van der Waals surface area contributed by atoms with Crippen molar-refractivity contribution in [2.45, 2.75) is 79.6 Å². The summed E-state index contributed by atoms with van der Waals surface area (Å²) in [5, 5.41) is 11.0. The lowest BCUT2D eigenvalue weighted by Crippen LogP contribution is -2.03. The van der Waals surface area contributed by atoms with Gasteiger partial charge in [0, 0.05) is 6.42 Å². The maximum absolute atomic E-state index is 11.0. The van der Waals surface area contributed by atoms with Gasteiger partial charge in [0.05, 0.1) is 5.76 Å². The Hall–Kier alpha value is -2.22. The Kier molecular flexibility index (Phi) is 7.74. The van der Waals surface area contributed by atoms with Gasteiger partial charge in [0.2, 0.25) is 0 Å². The molecule has 0 spiro atoms. The van der Waals surface area contributed by atoms with Crippen molar-refractivity contribution >= 4 is 0 Å². The molecule has 0 aliphatic carbocycles. The zero-order valence-electron chi connectivity index (χ0n) is 18.5. The van der Waals surface area contributed by atoms with Crippen molar-refractivity contribution in [1.29, 1.82) is 0 Å². The fourth-order valence-corrected chi connectivity index (χ4v) is 3.74. The number of ether oxygens (including phenoxy) is 1. The van der Waals surface area contributed by atoms with Gasteiger partial charge in [0.25, 0.3) is 0 Å². The Labute approximate surface area is 171 Å². The van der Waals surface area contributed by atoms with E-state index in [4.69, 9.17) is 4.74 Å². The van der Waals surface area contributed by atoms with Gasteiger partial charge < -0.3 is 9.84 Å². The summed E-state index contributed by atoms with van der Waals surface area (Å²) < 4.78 is 6.09. The van der Waals surface area contributed by atoms with Gasteiger partial charge in [-0.1, -0.05) is 69.2 Å². The molecule has 1 atom stereocenters. The number of phenols is 1.